The molecule has 5 nitrogen and oxygen atoms in total. The number of unbranched alkanes of at least 4 members (excludes halogenated alkanes) is 2. The summed E-state index contributed by atoms with van der Waals surface area (Å²) in [5, 5.41) is 8.86. The van der Waals surface area contributed by atoms with E-state index in [2.05, 4.69) is 23.4 Å². The van der Waals surface area contributed by atoms with E-state index in [0.29, 0.717) is 12.0 Å². The molecule has 1 rings (SSSR count). The maximum absolute atomic E-state index is 10.9. The van der Waals surface area contributed by atoms with Gasteiger partial charge in [-0.3, -0.25) is 10.2 Å². The number of nitrogens with one attached hydrogen (secondary N) is 1. The molecular formula is C15H22N4O. The van der Waals surface area contributed by atoms with Crippen LogP contribution in [0, 0.1) is 11.3 Å². The van der Waals surface area contributed by atoms with E-state index in [4.69, 9.17) is 11.1 Å². The van der Waals surface area contributed by atoms with E-state index < -0.39 is 0 Å². The van der Waals surface area contributed by atoms with Gasteiger partial charge in [-0.1, -0.05) is 18.6 Å². The Balaban J connectivity index is 2.21. The van der Waals surface area contributed by atoms with Crippen molar-refractivity contribution in [2.75, 3.05) is 13.6 Å². The zero-order chi connectivity index (χ0) is 14.8. The molecule has 20 heavy (non-hydrogen) atoms. The van der Waals surface area contributed by atoms with Crippen molar-refractivity contribution >= 4 is 5.91 Å². The number of rotatable bonds is 8. The smallest absolute Gasteiger partial charge is 0.233 e. The lowest BCUT2D eigenvalue weighted by atomic mass is 10.1. The van der Waals surface area contributed by atoms with Gasteiger partial charge < -0.3 is 4.90 Å². The molecule has 1 aromatic rings. The summed E-state index contributed by atoms with van der Waals surface area (Å²) in [5.41, 5.74) is 3.98. The van der Waals surface area contributed by atoms with E-state index in [1.54, 1.807) is 0 Å². The number of hydrogen-bond acceptors (Lipinski definition) is 4. The highest BCUT2D eigenvalue weighted by atomic mass is 16.2. The van der Waals surface area contributed by atoms with Crippen molar-refractivity contribution < 1.29 is 4.79 Å². The maximum atomic E-state index is 10.9. The summed E-state index contributed by atoms with van der Waals surface area (Å²) in [6, 6.07) is 9.82. The SMILES string of the molecule is CN(CCCCCC(=O)NN)Cc1cccc(C#N)c1. The van der Waals surface area contributed by atoms with Gasteiger partial charge in [0.25, 0.3) is 0 Å². The highest BCUT2D eigenvalue weighted by Gasteiger charge is 2.02. The molecular weight excluding hydrogens is 252 g/mol. The molecule has 1 aromatic carbocycles. The topological polar surface area (TPSA) is 82.2 Å². The second kappa shape index (κ2) is 9.08. The Hall–Kier alpha value is -1.90. The van der Waals surface area contributed by atoms with Gasteiger partial charge in [0.1, 0.15) is 0 Å². The fourth-order valence-corrected chi connectivity index (χ4v) is 2.05. The molecule has 0 radical (unpaired) electrons. The van der Waals surface area contributed by atoms with Gasteiger partial charge in [-0.05, 0) is 44.1 Å². The number of amides is 1. The number of nitrogens with zero attached hydrogens (tertiary/aromatic N) is 2. The van der Waals surface area contributed by atoms with Crippen molar-refractivity contribution in [1.29, 1.82) is 5.26 Å². The normalized spacial score (nSPS) is 10.3. The minimum atomic E-state index is -0.105. The Morgan fingerprint density at radius 3 is 2.90 bits per heavy atom. The van der Waals surface area contributed by atoms with Gasteiger partial charge in [-0.2, -0.15) is 5.26 Å². The molecule has 0 aromatic heterocycles. The standard InChI is InChI=1S/C15H22N4O/c1-19(9-4-2-3-8-15(20)18-17)12-14-7-5-6-13(10-14)11-16/h5-7,10H,2-4,8-9,12,17H2,1H3,(H,18,20). The molecule has 0 saturated carbocycles. The first-order valence-corrected chi connectivity index (χ1v) is 6.82. The number of benzene rings is 1. The van der Waals surface area contributed by atoms with Crippen molar-refractivity contribution in [3.8, 4) is 6.07 Å². The molecule has 0 aliphatic rings. The van der Waals surface area contributed by atoms with Crippen LogP contribution in [0.25, 0.3) is 0 Å². The number of carbonyl (C=O) groups is 1. The monoisotopic (exact) mass is 274 g/mol. The number of carbonyl (C=O) groups excluding carboxylic acids is 1. The van der Waals surface area contributed by atoms with Crippen LogP contribution in [-0.2, 0) is 11.3 Å². The van der Waals surface area contributed by atoms with Gasteiger partial charge in [0, 0.05) is 13.0 Å². The predicted molar refractivity (Wildman–Crippen MR) is 78.3 cm³/mol. The van der Waals surface area contributed by atoms with Gasteiger partial charge in [-0.25, -0.2) is 5.84 Å². The summed E-state index contributed by atoms with van der Waals surface area (Å²) in [4.78, 5) is 13.2. The molecule has 0 spiro atoms. The highest BCUT2D eigenvalue weighted by Crippen LogP contribution is 2.08. The third-order valence-corrected chi connectivity index (χ3v) is 3.11. The third-order valence-electron chi connectivity index (χ3n) is 3.11. The second-order valence-electron chi connectivity index (χ2n) is 4.93. The van der Waals surface area contributed by atoms with Crippen LogP contribution in [0.3, 0.4) is 0 Å². The Morgan fingerprint density at radius 1 is 1.40 bits per heavy atom. The molecule has 0 fully saturated rings. The third kappa shape index (κ3) is 6.32. The first kappa shape index (κ1) is 16.2. The molecule has 0 unspecified atom stereocenters. The fourth-order valence-electron chi connectivity index (χ4n) is 2.05. The van der Waals surface area contributed by atoms with Gasteiger partial charge in [0.05, 0.1) is 11.6 Å². The van der Waals surface area contributed by atoms with E-state index in [-0.39, 0.29) is 5.91 Å². The van der Waals surface area contributed by atoms with Crippen LogP contribution >= 0.6 is 0 Å². The highest BCUT2D eigenvalue weighted by molar-refractivity contribution is 5.75. The Kier molecular flexibility index (Phi) is 7.33. The van der Waals surface area contributed by atoms with Crippen molar-refractivity contribution in [2.45, 2.75) is 32.2 Å². The zero-order valence-electron chi connectivity index (χ0n) is 11.9. The van der Waals surface area contributed by atoms with Crippen LogP contribution in [0.4, 0.5) is 0 Å². The van der Waals surface area contributed by atoms with Gasteiger partial charge in [0.15, 0.2) is 0 Å². The van der Waals surface area contributed by atoms with Crippen molar-refractivity contribution in [1.82, 2.24) is 10.3 Å². The average molecular weight is 274 g/mol. The van der Waals surface area contributed by atoms with E-state index in [0.717, 1.165) is 37.9 Å². The largest absolute Gasteiger partial charge is 0.302 e. The Labute approximate surface area is 120 Å². The number of nitriles is 1. The van der Waals surface area contributed by atoms with Gasteiger partial charge >= 0.3 is 0 Å². The summed E-state index contributed by atoms with van der Waals surface area (Å²) >= 11 is 0. The van der Waals surface area contributed by atoms with Crippen LogP contribution in [0.15, 0.2) is 24.3 Å². The first-order valence-electron chi connectivity index (χ1n) is 6.82. The van der Waals surface area contributed by atoms with E-state index in [1.807, 2.05) is 24.3 Å². The molecule has 5 heteroatoms. The molecule has 108 valence electrons. The number of hydrogen-bond donors (Lipinski definition) is 2. The molecule has 3 N–H and O–H groups in total. The quantitative estimate of drug-likeness (QED) is 0.326. The Morgan fingerprint density at radius 2 is 2.20 bits per heavy atom. The van der Waals surface area contributed by atoms with Crippen LogP contribution in [0.5, 0.6) is 0 Å². The molecule has 0 heterocycles. The van der Waals surface area contributed by atoms with Gasteiger partial charge in [0.2, 0.25) is 5.91 Å². The molecule has 0 bridgehead atoms. The van der Waals surface area contributed by atoms with Crippen LogP contribution in [0.1, 0.15) is 36.8 Å². The summed E-state index contributed by atoms with van der Waals surface area (Å²) in [7, 11) is 2.06. The first-order chi connectivity index (χ1) is 9.65. The molecule has 0 aliphatic heterocycles. The van der Waals surface area contributed by atoms with Gasteiger partial charge in [-0.15, -0.1) is 0 Å². The van der Waals surface area contributed by atoms with Crippen LogP contribution in [-0.4, -0.2) is 24.4 Å². The van der Waals surface area contributed by atoms with E-state index in [9.17, 15) is 4.79 Å². The molecule has 0 atom stereocenters. The van der Waals surface area contributed by atoms with Crippen molar-refractivity contribution in [2.24, 2.45) is 5.84 Å². The number of nitrogens with two attached hydrogens (primary N) is 1. The minimum absolute atomic E-state index is 0.105. The maximum Gasteiger partial charge on any atom is 0.233 e. The summed E-state index contributed by atoms with van der Waals surface area (Å²) < 4.78 is 0. The van der Waals surface area contributed by atoms with Crippen molar-refractivity contribution in [3.63, 3.8) is 0 Å². The molecule has 0 saturated heterocycles. The average Bonchev–Trinajstić information content (AvgIpc) is 2.46. The van der Waals surface area contributed by atoms with Crippen molar-refractivity contribution in [3.05, 3.63) is 35.4 Å². The number of hydrazine groups is 1. The second-order valence-corrected chi connectivity index (χ2v) is 4.93. The molecule has 0 aliphatic carbocycles. The predicted octanol–water partition coefficient (Wildman–Crippen LogP) is 1.54. The lowest BCUT2D eigenvalue weighted by Crippen LogP contribution is -2.29. The summed E-state index contributed by atoms with van der Waals surface area (Å²) in [6.45, 7) is 1.81. The minimum Gasteiger partial charge on any atom is -0.302 e. The molecule has 1 amide bonds. The van der Waals surface area contributed by atoms with E-state index >= 15 is 0 Å². The van der Waals surface area contributed by atoms with E-state index in [1.165, 1.54) is 0 Å². The lowest BCUT2D eigenvalue weighted by Gasteiger charge is -2.16. The fraction of sp³-hybridized carbons (Fsp3) is 0.467. The lowest BCUT2D eigenvalue weighted by molar-refractivity contribution is -0.121. The summed E-state index contributed by atoms with van der Waals surface area (Å²) in [6.07, 6.45) is 3.41. The van der Waals surface area contributed by atoms with Crippen LogP contribution < -0.4 is 11.3 Å². The zero-order valence-corrected chi connectivity index (χ0v) is 11.9. The Bertz CT molecular complexity index is 467. The summed E-state index contributed by atoms with van der Waals surface area (Å²) in [5.74, 6) is 4.91. The van der Waals surface area contributed by atoms with Crippen LogP contribution in [0.2, 0.25) is 0 Å².